The smallest absolute Gasteiger partial charge is 0.264 e. The van der Waals surface area contributed by atoms with Gasteiger partial charge < -0.3 is 10.2 Å². The molecule has 0 radical (unpaired) electrons. The van der Waals surface area contributed by atoms with E-state index in [1.54, 1.807) is 37.3 Å². The number of amides is 2. The number of hydrogen-bond acceptors (Lipinski definition) is 4. The van der Waals surface area contributed by atoms with Crippen LogP contribution in [0.4, 0.5) is 5.69 Å². The summed E-state index contributed by atoms with van der Waals surface area (Å²) in [5.41, 5.74) is 3.53. The standard InChI is InChI=1S/C36H40ClN3O4S/c1-4-5-22-38-36(42)34(23-29-12-8-6-9-13-29)39(25-30-14-10-7-11-15-30)35(41)26-40(33-24-31(37)19-18-28(33)3)45(43,44)32-20-16-27(2)17-21-32/h6-21,24,34H,4-5,22-23,25-26H2,1-3H3,(H,38,42)/t34-/m1/s1. The zero-order valence-corrected chi connectivity index (χ0v) is 27.5. The molecule has 9 heteroatoms. The summed E-state index contributed by atoms with van der Waals surface area (Å²) in [5, 5.41) is 3.34. The molecule has 0 saturated carbocycles. The van der Waals surface area contributed by atoms with E-state index in [1.165, 1.54) is 17.0 Å². The van der Waals surface area contributed by atoms with E-state index < -0.39 is 28.5 Å². The van der Waals surface area contributed by atoms with Crippen LogP contribution in [0.1, 0.15) is 42.0 Å². The fraction of sp³-hybridized carbons (Fsp3) is 0.278. The monoisotopic (exact) mass is 645 g/mol. The summed E-state index contributed by atoms with van der Waals surface area (Å²) in [6.07, 6.45) is 1.96. The lowest BCUT2D eigenvalue weighted by Crippen LogP contribution is -2.53. The molecule has 0 bridgehead atoms. The van der Waals surface area contributed by atoms with E-state index in [4.69, 9.17) is 11.6 Å². The van der Waals surface area contributed by atoms with Crippen LogP contribution in [0, 0.1) is 13.8 Å². The van der Waals surface area contributed by atoms with Crippen molar-refractivity contribution in [2.45, 2.75) is 57.5 Å². The van der Waals surface area contributed by atoms with Crippen molar-refractivity contribution in [3.8, 4) is 0 Å². The Balaban J connectivity index is 1.80. The van der Waals surface area contributed by atoms with E-state index in [-0.39, 0.29) is 23.8 Å². The molecular weight excluding hydrogens is 606 g/mol. The second kappa shape index (κ2) is 15.7. The molecule has 0 unspecified atom stereocenters. The van der Waals surface area contributed by atoms with Crippen molar-refractivity contribution in [3.05, 3.63) is 130 Å². The highest BCUT2D eigenvalue weighted by Crippen LogP contribution is 2.30. The minimum atomic E-state index is -4.21. The molecule has 0 saturated heterocycles. The van der Waals surface area contributed by atoms with Gasteiger partial charge >= 0.3 is 0 Å². The lowest BCUT2D eigenvalue weighted by molar-refractivity contribution is -0.140. The molecule has 0 fully saturated rings. The first kappa shape index (κ1) is 33.7. The molecule has 1 N–H and O–H groups in total. The molecule has 236 valence electrons. The highest BCUT2D eigenvalue weighted by atomic mass is 35.5. The molecular formula is C36H40ClN3O4S. The van der Waals surface area contributed by atoms with Crippen LogP contribution in [0.2, 0.25) is 5.02 Å². The lowest BCUT2D eigenvalue weighted by atomic mass is 10.0. The average molecular weight is 646 g/mol. The van der Waals surface area contributed by atoms with Gasteiger partial charge in [0, 0.05) is 24.5 Å². The van der Waals surface area contributed by atoms with Gasteiger partial charge in [-0.15, -0.1) is 0 Å². The predicted octanol–water partition coefficient (Wildman–Crippen LogP) is 6.71. The van der Waals surface area contributed by atoms with Crippen molar-refractivity contribution in [1.82, 2.24) is 10.2 Å². The van der Waals surface area contributed by atoms with Crippen LogP contribution in [0.5, 0.6) is 0 Å². The number of hydrogen-bond donors (Lipinski definition) is 1. The molecule has 0 heterocycles. The molecule has 4 rings (SSSR count). The zero-order chi connectivity index (χ0) is 32.4. The molecule has 0 aliphatic carbocycles. The van der Waals surface area contributed by atoms with E-state index in [0.29, 0.717) is 22.8 Å². The van der Waals surface area contributed by atoms with E-state index in [2.05, 4.69) is 5.32 Å². The number of benzene rings is 4. The van der Waals surface area contributed by atoms with Gasteiger partial charge in [0.1, 0.15) is 12.6 Å². The number of aryl methyl sites for hydroxylation is 2. The Labute approximate surface area is 271 Å². The summed E-state index contributed by atoms with van der Waals surface area (Å²) in [4.78, 5) is 29.9. The van der Waals surface area contributed by atoms with Crippen molar-refractivity contribution in [2.75, 3.05) is 17.4 Å². The molecule has 0 aromatic heterocycles. The average Bonchev–Trinajstić information content (AvgIpc) is 3.04. The molecule has 0 aliphatic rings. The second-order valence-electron chi connectivity index (χ2n) is 11.1. The van der Waals surface area contributed by atoms with Crippen LogP contribution < -0.4 is 9.62 Å². The number of nitrogens with zero attached hydrogens (tertiary/aromatic N) is 2. The minimum absolute atomic E-state index is 0.0491. The number of halogens is 1. The SMILES string of the molecule is CCCCNC(=O)[C@@H](Cc1ccccc1)N(Cc1ccccc1)C(=O)CN(c1cc(Cl)ccc1C)S(=O)(=O)c1ccc(C)cc1. The predicted molar refractivity (Wildman–Crippen MR) is 181 cm³/mol. The fourth-order valence-electron chi connectivity index (χ4n) is 5.04. The molecule has 7 nitrogen and oxygen atoms in total. The second-order valence-corrected chi connectivity index (χ2v) is 13.4. The maximum absolute atomic E-state index is 14.5. The van der Waals surface area contributed by atoms with Crippen LogP contribution in [0.15, 0.2) is 108 Å². The summed E-state index contributed by atoms with van der Waals surface area (Å²) >= 11 is 6.36. The summed E-state index contributed by atoms with van der Waals surface area (Å²) in [5.74, 6) is -0.802. The Morgan fingerprint density at radius 1 is 0.844 bits per heavy atom. The summed E-state index contributed by atoms with van der Waals surface area (Å²) < 4.78 is 29.6. The number of sulfonamides is 1. The number of unbranched alkanes of at least 4 members (excludes halogenated alkanes) is 1. The van der Waals surface area contributed by atoms with E-state index >= 15 is 0 Å². The number of carbonyl (C=O) groups is 2. The third kappa shape index (κ3) is 8.96. The Morgan fingerprint density at radius 3 is 2.09 bits per heavy atom. The molecule has 2 amide bonds. The summed E-state index contributed by atoms with van der Waals surface area (Å²) in [6, 6.07) is 29.5. The van der Waals surface area contributed by atoms with Crippen LogP contribution in [-0.2, 0) is 32.6 Å². The van der Waals surface area contributed by atoms with Gasteiger partial charge in [-0.1, -0.05) is 109 Å². The Bertz CT molecular complexity index is 1680. The maximum Gasteiger partial charge on any atom is 0.264 e. The van der Waals surface area contributed by atoms with Gasteiger partial charge in [0.15, 0.2) is 0 Å². The van der Waals surface area contributed by atoms with E-state index in [1.807, 2.05) is 74.5 Å². The first-order chi connectivity index (χ1) is 21.6. The van der Waals surface area contributed by atoms with Crippen molar-refractivity contribution in [1.29, 1.82) is 0 Å². The fourth-order valence-corrected chi connectivity index (χ4v) is 6.68. The van der Waals surface area contributed by atoms with Crippen molar-refractivity contribution in [3.63, 3.8) is 0 Å². The number of carbonyl (C=O) groups excluding carboxylic acids is 2. The molecule has 1 atom stereocenters. The minimum Gasteiger partial charge on any atom is -0.354 e. The molecule has 4 aromatic carbocycles. The first-order valence-electron chi connectivity index (χ1n) is 15.1. The van der Waals surface area contributed by atoms with E-state index in [9.17, 15) is 18.0 Å². The number of nitrogens with one attached hydrogen (secondary N) is 1. The van der Waals surface area contributed by atoms with Gasteiger partial charge in [0.25, 0.3) is 10.0 Å². The van der Waals surface area contributed by atoms with Gasteiger partial charge in [0.05, 0.1) is 10.6 Å². The van der Waals surface area contributed by atoms with Crippen molar-refractivity contribution >= 4 is 39.1 Å². The van der Waals surface area contributed by atoms with Gasteiger partial charge in [-0.05, 0) is 61.2 Å². The van der Waals surface area contributed by atoms with Gasteiger partial charge in [-0.2, -0.15) is 0 Å². The molecule has 0 spiro atoms. The van der Waals surface area contributed by atoms with Crippen LogP contribution in [-0.4, -0.2) is 44.3 Å². The third-order valence-corrected chi connectivity index (χ3v) is 9.63. The Hall–Kier alpha value is -4.14. The van der Waals surface area contributed by atoms with Crippen LogP contribution in [0.25, 0.3) is 0 Å². The number of rotatable bonds is 14. The van der Waals surface area contributed by atoms with E-state index in [0.717, 1.165) is 33.8 Å². The molecule has 0 aliphatic heterocycles. The van der Waals surface area contributed by atoms with Crippen molar-refractivity contribution < 1.29 is 18.0 Å². The topological polar surface area (TPSA) is 86.8 Å². The van der Waals surface area contributed by atoms with Crippen molar-refractivity contribution in [2.24, 2.45) is 0 Å². The van der Waals surface area contributed by atoms with Gasteiger partial charge in [0.2, 0.25) is 11.8 Å². The van der Waals surface area contributed by atoms with Crippen LogP contribution >= 0.6 is 11.6 Å². The quantitative estimate of drug-likeness (QED) is 0.155. The maximum atomic E-state index is 14.5. The number of anilines is 1. The summed E-state index contributed by atoms with van der Waals surface area (Å²) in [7, 11) is -4.21. The van der Waals surface area contributed by atoms with Crippen LogP contribution in [0.3, 0.4) is 0 Å². The zero-order valence-electron chi connectivity index (χ0n) is 25.9. The lowest BCUT2D eigenvalue weighted by Gasteiger charge is -2.34. The third-order valence-electron chi connectivity index (χ3n) is 7.62. The van der Waals surface area contributed by atoms with Gasteiger partial charge in [-0.25, -0.2) is 8.42 Å². The Morgan fingerprint density at radius 2 is 1.47 bits per heavy atom. The summed E-state index contributed by atoms with van der Waals surface area (Å²) in [6.45, 7) is 5.75. The largest absolute Gasteiger partial charge is 0.354 e. The molecule has 4 aromatic rings. The Kier molecular flexibility index (Phi) is 11.8. The first-order valence-corrected chi connectivity index (χ1v) is 16.9. The van der Waals surface area contributed by atoms with Gasteiger partial charge in [-0.3, -0.25) is 13.9 Å². The highest BCUT2D eigenvalue weighted by Gasteiger charge is 2.35. The molecule has 45 heavy (non-hydrogen) atoms. The normalized spacial score (nSPS) is 11.9. The highest BCUT2D eigenvalue weighted by molar-refractivity contribution is 7.92.